The van der Waals surface area contributed by atoms with Crippen LogP contribution in [0.15, 0.2) is 18.5 Å². The Labute approximate surface area is 126 Å². The van der Waals surface area contributed by atoms with Crippen LogP contribution >= 0.6 is 0 Å². The molecule has 1 aromatic rings. The van der Waals surface area contributed by atoms with Crippen LogP contribution in [-0.2, 0) is 0 Å². The molecule has 3 rings (SSSR count). The van der Waals surface area contributed by atoms with Crippen molar-refractivity contribution in [3.05, 3.63) is 29.9 Å². The smallest absolute Gasteiger partial charge is 0.274 e. The minimum atomic E-state index is 0.0212. The van der Waals surface area contributed by atoms with Gasteiger partial charge in [-0.05, 0) is 37.7 Å². The van der Waals surface area contributed by atoms with E-state index in [-0.39, 0.29) is 5.91 Å². The molecule has 0 radical (unpaired) electrons. The van der Waals surface area contributed by atoms with Crippen LogP contribution in [0.4, 0.5) is 0 Å². The average Bonchev–Trinajstić information content (AvgIpc) is 3.08. The highest BCUT2D eigenvalue weighted by atomic mass is 16.2. The summed E-state index contributed by atoms with van der Waals surface area (Å²) >= 11 is 0. The summed E-state index contributed by atoms with van der Waals surface area (Å²) < 4.78 is 0. The number of carbonyl (C=O) groups excluding carboxylic acids is 1. The van der Waals surface area contributed by atoms with Gasteiger partial charge in [0, 0.05) is 13.1 Å². The topological polar surface area (TPSA) is 46.1 Å². The number of nitrogens with zero attached hydrogens (tertiary/aromatic N) is 3. The summed E-state index contributed by atoms with van der Waals surface area (Å²) in [5.41, 5.74) is 1.27. The van der Waals surface area contributed by atoms with E-state index < -0.39 is 0 Å². The van der Waals surface area contributed by atoms with Gasteiger partial charge >= 0.3 is 0 Å². The molecule has 1 amide bonds. The lowest BCUT2D eigenvalue weighted by atomic mass is 9.89. The van der Waals surface area contributed by atoms with Gasteiger partial charge in [0.2, 0.25) is 0 Å². The molecule has 1 aromatic heterocycles. The van der Waals surface area contributed by atoms with Crippen LogP contribution < -0.4 is 0 Å². The molecular weight excluding hydrogens is 262 g/mol. The van der Waals surface area contributed by atoms with Gasteiger partial charge in [0.25, 0.3) is 5.91 Å². The fourth-order valence-corrected chi connectivity index (χ4v) is 3.21. The second-order valence-corrected chi connectivity index (χ2v) is 6.09. The molecule has 2 fully saturated rings. The lowest BCUT2D eigenvalue weighted by molar-refractivity contribution is 0.0786. The van der Waals surface area contributed by atoms with E-state index in [2.05, 4.69) is 16.0 Å². The van der Waals surface area contributed by atoms with Gasteiger partial charge in [-0.25, -0.2) is 4.98 Å². The Bertz CT molecular complexity index is 515. The third-order valence-corrected chi connectivity index (χ3v) is 4.45. The second kappa shape index (κ2) is 6.83. The molecule has 112 valence electrons. The minimum Gasteiger partial charge on any atom is -0.337 e. The van der Waals surface area contributed by atoms with Crippen LogP contribution in [0.2, 0.25) is 0 Å². The van der Waals surface area contributed by atoms with Crippen molar-refractivity contribution in [2.75, 3.05) is 13.1 Å². The van der Waals surface area contributed by atoms with E-state index in [4.69, 9.17) is 0 Å². The quantitative estimate of drug-likeness (QED) is 0.856. The molecule has 1 aliphatic heterocycles. The van der Waals surface area contributed by atoms with Crippen molar-refractivity contribution >= 4 is 12.0 Å². The molecule has 2 aliphatic rings. The van der Waals surface area contributed by atoms with Crippen molar-refractivity contribution < 1.29 is 4.79 Å². The minimum absolute atomic E-state index is 0.0212. The number of allylic oxidation sites excluding steroid dienone is 1. The van der Waals surface area contributed by atoms with E-state index in [1.807, 2.05) is 11.0 Å². The first-order valence-corrected chi connectivity index (χ1v) is 8.12. The first kappa shape index (κ1) is 14.2. The van der Waals surface area contributed by atoms with Crippen molar-refractivity contribution in [1.29, 1.82) is 0 Å². The summed E-state index contributed by atoms with van der Waals surface area (Å²) in [6.07, 6.45) is 16.4. The van der Waals surface area contributed by atoms with Crippen LogP contribution in [-0.4, -0.2) is 33.9 Å². The Morgan fingerprint density at radius 3 is 2.62 bits per heavy atom. The van der Waals surface area contributed by atoms with Crippen molar-refractivity contribution in [2.45, 2.75) is 44.9 Å². The molecule has 2 heterocycles. The Morgan fingerprint density at radius 2 is 1.86 bits per heavy atom. The Balaban J connectivity index is 1.67. The summed E-state index contributed by atoms with van der Waals surface area (Å²) in [5.74, 6) is 0.686. The molecule has 1 aliphatic carbocycles. The predicted molar refractivity (Wildman–Crippen MR) is 82.8 cm³/mol. The maximum absolute atomic E-state index is 12.3. The second-order valence-electron chi connectivity index (χ2n) is 6.09. The predicted octanol–water partition coefficient (Wildman–Crippen LogP) is 3.31. The molecular formula is C17H23N3O. The normalized spacial score (nSPS) is 20.3. The molecule has 4 nitrogen and oxygen atoms in total. The van der Waals surface area contributed by atoms with E-state index in [0.29, 0.717) is 11.6 Å². The number of rotatable bonds is 3. The molecule has 0 spiro atoms. The lowest BCUT2D eigenvalue weighted by Gasteiger charge is -2.17. The van der Waals surface area contributed by atoms with Crippen molar-refractivity contribution in [2.24, 2.45) is 5.92 Å². The summed E-state index contributed by atoms with van der Waals surface area (Å²) in [6, 6.07) is 0. The van der Waals surface area contributed by atoms with Gasteiger partial charge in [0.15, 0.2) is 0 Å². The SMILES string of the molecule is O=C(c1cncc(C=CC2CCCCC2)n1)N1CCCC1. The zero-order valence-electron chi connectivity index (χ0n) is 12.5. The molecule has 21 heavy (non-hydrogen) atoms. The first-order chi connectivity index (χ1) is 10.3. The van der Waals surface area contributed by atoms with E-state index in [1.165, 1.54) is 32.1 Å². The highest BCUT2D eigenvalue weighted by molar-refractivity contribution is 5.92. The first-order valence-electron chi connectivity index (χ1n) is 8.12. The molecule has 0 atom stereocenters. The monoisotopic (exact) mass is 285 g/mol. The highest BCUT2D eigenvalue weighted by Gasteiger charge is 2.20. The maximum atomic E-state index is 12.3. The third kappa shape index (κ3) is 3.69. The average molecular weight is 285 g/mol. The van der Waals surface area contributed by atoms with Gasteiger partial charge in [-0.2, -0.15) is 0 Å². The number of carbonyl (C=O) groups is 1. The number of likely N-dealkylation sites (tertiary alicyclic amines) is 1. The van der Waals surface area contributed by atoms with E-state index in [1.54, 1.807) is 12.4 Å². The summed E-state index contributed by atoms with van der Waals surface area (Å²) in [7, 11) is 0. The van der Waals surface area contributed by atoms with Gasteiger partial charge in [-0.15, -0.1) is 0 Å². The molecule has 0 bridgehead atoms. The zero-order chi connectivity index (χ0) is 14.5. The van der Waals surface area contributed by atoms with E-state index in [9.17, 15) is 4.79 Å². The van der Waals surface area contributed by atoms with E-state index >= 15 is 0 Å². The van der Waals surface area contributed by atoms with Crippen LogP contribution in [0, 0.1) is 5.92 Å². The number of hydrogen-bond donors (Lipinski definition) is 0. The Hall–Kier alpha value is -1.71. The van der Waals surface area contributed by atoms with Crippen molar-refractivity contribution in [3.8, 4) is 0 Å². The fraction of sp³-hybridized carbons (Fsp3) is 0.588. The highest BCUT2D eigenvalue weighted by Crippen LogP contribution is 2.25. The van der Waals surface area contributed by atoms with Gasteiger partial charge in [-0.3, -0.25) is 9.78 Å². The number of amides is 1. The van der Waals surface area contributed by atoms with Gasteiger partial charge < -0.3 is 4.90 Å². The summed E-state index contributed by atoms with van der Waals surface area (Å²) in [4.78, 5) is 22.8. The Morgan fingerprint density at radius 1 is 1.10 bits per heavy atom. The standard InChI is InChI=1S/C17H23N3O/c21-17(20-10-4-5-11-20)16-13-18-12-15(19-16)9-8-14-6-2-1-3-7-14/h8-9,12-14H,1-7,10-11H2. The van der Waals surface area contributed by atoms with Crippen LogP contribution in [0.5, 0.6) is 0 Å². The third-order valence-electron chi connectivity index (χ3n) is 4.45. The summed E-state index contributed by atoms with van der Waals surface area (Å²) in [6.45, 7) is 1.70. The van der Waals surface area contributed by atoms with Crippen LogP contribution in [0.25, 0.3) is 6.08 Å². The number of aromatic nitrogens is 2. The van der Waals surface area contributed by atoms with Gasteiger partial charge in [0.1, 0.15) is 5.69 Å². The fourth-order valence-electron chi connectivity index (χ4n) is 3.21. The summed E-state index contributed by atoms with van der Waals surface area (Å²) in [5, 5.41) is 0. The molecule has 1 saturated heterocycles. The molecule has 0 aromatic carbocycles. The van der Waals surface area contributed by atoms with Crippen LogP contribution in [0.1, 0.15) is 61.1 Å². The van der Waals surface area contributed by atoms with Crippen LogP contribution in [0.3, 0.4) is 0 Å². The zero-order valence-corrected chi connectivity index (χ0v) is 12.5. The Kier molecular flexibility index (Phi) is 4.63. The van der Waals surface area contributed by atoms with Gasteiger partial charge in [0.05, 0.1) is 18.1 Å². The maximum Gasteiger partial charge on any atom is 0.274 e. The van der Waals surface area contributed by atoms with E-state index in [0.717, 1.165) is 31.6 Å². The van der Waals surface area contributed by atoms with Gasteiger partial charge in [-0.1, -0.05) is 25.3 Å². The molecule has 4 heteroatoms. The molecule has 1 saturated carbocycles. The molecule has 0 unspecified atom stereocenters. The largest absolute Gasteiger partial charge is 0.337 e. The number of hydrogen-bond acceptors (Lipinski definition) is 3. The van der Waals surface area contributed by atoms with Crippen molar-refractivity contribution in [1.82, 2.24) is 14.9 Å². The lowest BCUT2D eigenvalue weighted by Crippen LogP contribution is -2.28. The van der Waals surface area contributed by atoms with Crippen molar-refractivity contribution in [3.63, 3.8) is 0 Å². The molecule has 0 N–H and O–H groups in total.